The second kappa shape index (κ2) is 4.07. The van der Waals surface area contributed by atoms with Gasteiger partial charge in [-0.25, -0.2) is 4.39 Å². The maximum atomic E-state index is 12.8. The highest BCUT2D eigenvalue weighted by Gasteiger charge is 1.99. The van der Waals surface area contributed by atoms with Gasteiger partial charge in [-0.2, -0.15) is 4.99 Å². The van der Waals surface area contributed by atoms with Gasteiger partial charge in [0.05, 0.1) is 10.8 Å². The summed E-state index contributed by atoms with van der Waals surface area (Å²) < 4.78 is 12.8. The number of rotatable bonds is 2. The minimum Gasteiger partial charge on any atom is -0.326 e. The van der Waals surface area contributed by atoms with Crippen LogP contribution in [-0.2, 0) is 6.54 Å². The molecule has 0 aliphatic carbocycles. The van der Waals surface area contributed by atoms with E-state index in [1.165, 1.54) is 12.1 Å². The van der Waals surface area contributed by atoms with Crippen molar-refractivity contribution in [3.8, 4) is 0 Å². The van der Waals surface area contributed by atoms with E-state index in [-0.39, 0.29) is 12.4 Å². The fourth-order valence-corrected chi connectivity index (χ4v) is 0.945. The minimum atomic E-state index is -0.319. The van der Waals surface area contributed by atoms with Crippen molar-refractivity contribution in [3.05, 3.63) is 29.6 Å². The first kappa shape index (κ1) is 9.00. The van der Waals surface area contributed by atoms with Crippen LogP contribution in [0.1, 0.15) is 5.56 Å². The fraction of sp³-hybridized carbons (Fsp3) is 0.125. The van der Waals surface area contributed by atoms with Crippen molar-refractivity contribution in [1.29, 1.82) is 0 Å². The van der Waals surface area contributed by atoms with Crippen LogP contribution in [-0.4, -0.2) is 5.16 Å². The van der Waals surface area contributed by atoms with Crippen LogP contribution in [0.3, 0.4) is 0 Å². The van der Waals surface area contributed by atoms with E-state index in [1.807, 2.05) is 0 Å². The highest BCUT2D eigenvalue weighted by atomic mass is 32.1. The molecule has 0 saturated carbocycles. The number of halogens is 1. The Bertz CT molecular complexity index is 332. The number of hydrogen-bond donors (Lipinski definition) is 1. The molecule has 0 heterocycles. The Morgan fingerprint density at radius 1 is 1.58 bits per heavy atom. The third-order valence-electron chi connectivity index (χ3n) is 1.42. The summed E-state index contributed by atoms with van der Waals surface area (Å²) in [5.41, 5.74) is 6.30. The second-order valence-electron chi connectivity index (χ2n) is 2.18. The van der Waals surface area contributed by atoms with Gasteiger partial charge in [-0.05, 0) is 30.4 Å². The molecule has 0 aliphatic rings. The van der Waals surface area contributed by atoms with Gasteiger partial charge in [0, 0.05) is 12.1 Å². The molecule has 0 aromatic heterocycles. The van der Waals surface area contributed by atoms with E-state index >= 15 is 0 Å². The summed E-state index contributed by atoms with van der Waals surface area (Å²) in [5.74, 6) is -0.319. The number of aliphatic imine (C=N–C) groups is 1. The zero-order valence-electron chi connectivity index (χ0n) is 6.25. The molecule has 0 aliphatic heterocycles. The number of nitrogens with zero attached hydrogens (tertiary/aromatic N) is 1. The first-order valence-electron chi connectivity index (χ1n) is 3.34. The van der Waals surface area contributed by atoms with Crippen LogP contribution >= 0.6 is 12.2 Å². The van der Waals surface area contributed by atoms with Gasteiger partial charge >= 0.3 is 0 Å². The highest BCUT2D eigenvalue weighted by Crippen LogP contribution is 2.16. The Morgan fingerprint density at radius 2 is 2.33 bits per heavy atom. The summed E-state index contributed by atoms with van der Waals surface area (Å²) in [4.78, 5) is 3.70. The molecule has 12 heavy (non-hydrogen) atoms. The summed E-state index contributed by atoms with van der Waals surface area (Å²) in [7, 11) is 0. The van der Waals surface area contributed by atoms with E-state index < -0.39 is 0 Å². The Kier molecular flexibility index (Phi) is 3.05. The summed E-state index contributed by atoms with van der Waals surface area (Å²) in [6, 6.07) is 4.39. The first-order valence-corrected chi connectivity index (χ1v) is 3.75. The largest absolute Gasteiger partial charge is 0.326 e. The molecule has 1 aromatic rings. The van der Waals surface area contributed by atoms with Gasteiger partial charge in [0.2, 0.25) is 0 Å². The van der Waals surface area contributed by atoms with Crippen molar-refractivity contribution in [3.63, 3.8) is 0 Å². The third kappa shape index (κ3) is 1.95. The number of benzene rings is 1. The summed E-state index contributed by atoms with van der Waals surface area (Å²) >= 11 is 4.40. The normalized spacial score (nSPS) is 9.17. The first-order chi connectivity index (χ1) is 5.77. The van der Waals surface area contributed by atoms with Gasteiger partial charge in [0.25, 0.3) is 0 Å². The molecule has 2 nitrogen and oxygen atoms in total. The van der Waals surface area contributed by atoms with Crippen molar-refractivity contribution < 1.29 is 4.39 Å². The lowest BCUT2D eigenvalue weighted by Gasteiger charge is -1.98. The van der Waals surface area contributed by atoms with Gasteiger partial charge in [0.1, 0.15) is 5.82 Å². The molecule has 0 unspecified atom stereocenters. The smallest absolute Gasteiger partial charge is 0.127 e. The molecule has 0 amide bonds. The van der Waals surface area contributed by atoms with Crippen molar-refractivity contribution in [2.45, 2.75) is 6.54 Å². The molecule has 1 rings (SSSR count). The van der Waals surface area contributed by atoms with Crippen LogP contribution in [0.15, 0.2) is 23.2 Å². The predicted octanol–water partition coefficient (Wildman–Crippen LogP) is 2.02. The zero-order chi connectivity index (χ0) is 8.97. The molecule has 0 saturated heterocycles. The molecule has 2 N–H and O–H groups in total. The van der Waals surface area contributed by atoms with Gasteiger partial charge in [0.15, 0.2) is 0 Å². The highest BCUT2D eigenvalue weighted by molar-refractivity contribution is 7.78. The number of thiocarbonyl (C=S) groups is 1. The summed E-state index contributed by atoms with van der Waals surface area (Å²) in [6.45, 7) is 0.159. The maximum Gasteiger partial charge on any atom is 0.127 e. The van der Waals surface area contributed by atoms with Crippen molar-refractivity contribution in [1.82, 2.24) is 0 Å². The molecule has 0 spiro atoms. The standard InChI is InChI=1S/C8H7FN2S/c9-8-2-1-7(11-5-12)3-6(8)4-10/h1-3H,4,10H2. The monoisotopic (exact) mass is 182 g/mol. The lowest BCUT2D eigenvalue weighted by Crippen LogP contribution is -1.98. The Balaban J connectivity index is 3.13. The zero-order valence-corrected chi connectivity index (χ0v) is 7.07. The van der Waals surface area contributed by atoms with Gasteiger partial charge in [-0.15, -0.1) is 0 Å². The third-order valence-corrected chi connectivity index (χ3v) is 1.52. The van der Waals surface area contributed by atoms with Crippen LogP contribution in [0.25, 0.3) is 0 Å². The van der Waals surface area contributed by atoms with Crippen molar-refractivity contribution in [2.75, 3.05) is 0 Å². The Labute approximate surface area is 74.9 Å². The van der Waals surface area contributed by atoms with Gasteiger partial charge in [-0.3, -0.25) is 0 Å². The lowest BCUT2D eigenvalue weighted by molar-refractivity contribution is 0.611. The van der Waals surface area contributed by atoms with Crippen LogP contribution in [0.4, 0.5) is 10.1 Å². The second-order valence-corrected chi connectivity index (χ2v) is 2.37. The molecular formula is C8H7FN2S. The average molecular weight is 182 g/mol. The van der Waals surface area contributed by atoms with Crippen LogP contribution in [0, 0.1) is 5.82 Å². The molecule has 0 atom stereocenters. The maximum absolute atomic E-state index is 12.8. The SMILES string of the molecule is NCc1cc(N=C=S)ccc1F. The molecule has 62 valence electrons. The number of isothiocyanates is 1. The molecule has 0 fully saturated rings. The van der Waals surface area contributed by atoms with Crippen LogP contribution in [0.5, 0.6) is 0 Å². The predicted molar refractivity (Wildman–Crippen MR) is 49.0 cm³/mol. The van der Waals surface area contributed by atoms with E-state index in [0.29, 0.717) is 11.3 Å². The quantitative estimate of drug-likeness (QED) is 0.561. The lowest BCUT2D eigenvalue weighted by atomic mass is 10.2. The Hall–Kier alpha value is -1.09. The fourth-order valence-electron chi connectivity index (χ4n) is 0.840. The minimum absolute atomic E-state index is 0.159. The van der Waals surface area contributed by atoms with Gasteiger partial charge < -0.3 is 5.73 Å². The molecular weight excluding hydrogens is 175 g/mol. The van der Waals surface area contributed by atoms with Gasteiger partial charge in [-0.1, -0.05) is 0 Å². The van der Waals surface area contributed by atoms with E-state index in [9.17, 15) is 4.39 Å². The van der Waals surface area contributed by atoms with Crippen LogP contribution < -0.4 is 5.73 Å². The summed E-state index contributed by atoms with van der Waals surface area (Å²) in [6.07, 6.45) is 0. The van der Waals surface area contributed by atoms with E-state index in [1.54, 1.807) is 6.07 Å². The molecule has 1 aromatic carbocycles. The van der Waals surface area contributed by atoms with E-state index in [2.05, 4.69) is 22.4 Å². The number of hydrogen-bond acceptors (Lipinski definition) is 3. The number of nitrogens with two attached hydrogens (primary N) is 1. The topological polar surface area (TPSA) is 38.4 Å². The van der Waals surface area contributed by atoms with Crippen LogP contribution in [0.2, 0.25) is 0 Å². The van der Waals surface area contributed by atoms with E-state index in [4.69, 9.17) is 5.73 Å². The van der Waals surface area contributed by atoms with E-state index in [0.717, 1.165) is 0 Å². The Morgan fingerprint density at radius 3 is 2.92 bits per heavy atom. The molecule has 0 radical (unpaired) electrons. The summed E-state index contributed by atoms with van der Waals surface area (Å²) in [5, 5.41) is 2.20. The van der Waals surface area contributed by atoms with Crippen molar-refractivity contribution in [2.24, 2.45) is 10.7 Å². The van der Waals surface area contributed by atoms with Crippen molar-refractivity contribution >= 4 is 23.1 Å². The molecule has 4 heteroatoms. The molecule has 0 bridgehead atoms. The average Bonchev–Trinajstić information content (AvgIpc) is 2.09.